The van der Waals surface area contributed by atoms with E-state index in [4.69, 9.17) is 5.73 Å². The first-order valence-electron chi connectivity index (χ1n) is 13.2. The maximum Gasteiger partial charge on any atom is 0.156 e. The molecule has 39 heavy (non-hydrogen) atoms. The van der Waals surface area contributed by atoms with E-state index < -0.39 is 11.1 Å². The smallest absolute Gasteiger partial charge is 0.156 e. The van der Waals surface area contributed by atoms with Gasteiger partial charge in [0.25, 0.3) is 0 Å². The minimum absolute atomic E-state index is 0.485. The van der Waals surface area contributed by atoms with Gasteiger partial charge in [-0.2, -0.15) is 0 Å². The van der Waals surface area contributed by atoms with E-state index in [1.54, 1.807) is 0 Å². The number of aryl methyl sites for hydroxylation is 1. The second kappa shape index (κ2) is 11.0. The van der Waals surface area contributed by atoms with Gasteiger partial charge in [-0.15, -0.1) is 0 Å². The van der Waals surface area contributed by atoms with Gasteiger partial charge in [-0.25, -0.2) is 0 Å². The number of nitrogens with one attached hydrogen (secondary N) is 1. The third kappa shape index (κ3) is 4.62. The van der Waals surface area contributed by atoms with Crippen LogP contribution in [0.3, 0.4) is 0 Å². The quantitative estimate of drug-likeness (QED) is 0.199. The third-order valence-electron chi connectivity index (χ3n) is 7.69. The molecule has 5 rings (SSSR count). The summed E-state index contributed by atoms with van der Waals surface area (Å²) in [5, 5.41) is 16.7. The third-order valence-corrected chi connectivity index (χ3v) is 7.69. The van der Waals surface area contributed by atoms with Crippen LogP contribution in [0, 0.1) is 13.8 Å². The van der Waals surface area contributed by atoms with E-state index in [2.05, 4.69) is 54.7 Å². The van der Waals surface area contributed by atoms with E-state index in [9.17, 15) is 5.11 Å². The van der Waals surface area contributed by atoms with Gasteiger partial charge in [0, 0.05) is 6.20 Å². The predicted octanol–water partition coefficient (Wildman–Crippen LogP) is 6.92. The fourth-order valence-corrected chi connectivity index (χ4v) is 5.51. The second-order valence-electron chi connectivity index (χ2n) is 9.88. The van der Waals surface area contributed by atoms with Gasteiger partial charge in [-0.1, -0.05) is 140 Å². The van der Waals surface area contributed by atoms with Crippen molar-refractivity contribution in [1.82, 2.24) is 5.32 Å². The summed E-state index contributed by atoms with van der Waals surface area (Å²) < 4.78 is 0. The van der Waals surface area contributed by atoms with E-state index in [0.717, 1.165) is 38.9 Å². The van der Waals surface area contributed by atoms with Crippen molar-refractivity contribution in [2.45, 2.75) is 25.0 Å². The summed E-state index contributed by atoms with van der Waals surface area (Å²) in [4.78, 5) is 0. The fourth-order valence-electron chi connectivity index (χ4n) is 5.51. The minimum atomic E-state index is -1.55. The van der Waals surface area contributed by atoms with Crippen LogP contribution in [0.2, 0.25) is 0 Å². The number of rotatable bonds is 8. The Morgan fingerprint density at radius 1 is 0.590 bits per heavy atom. The Hall–Kier alpha value is -4.60. The Morgan fingerprint density at radius 2 is 1.00 bits per heavy atom. The van der Waals surface area contributed by atoms with Crippen LogP contribution in [0.15, 0.2) is 151 Å². The Kier molecular flexibility index (Phi) is 7.36. The molecule has 3 nitrogen and oxygen atoms in total. The number of benzene rings is 5. The molecule has 1 atom stereocenters. The van der Waals surface area contributed by atoms with Gasteiger partial charge in [-0.05, 0) is 52.8 Å². The summed E-state index contributed by atoms with van der Waals surface area (Å²) in [7, 11) is 0. The zero-order chi connectivity index (χ0) is 27.3. The van der Waals surface area contributed by atoms with Crippen molar-refractivity contribution in [2.24, 2.45) is 5.73 Å². The van der Waals surface area contributed by atoms with Crippen LogP contribution in [0.25, 0.3) is 0 Å². The highest BCUT2D eigenvalue weighted by Gasteiger charge is 2.44. The molecule has 1 unspecified atom stereocenters. The van der Waals surface area contributed by atoms with Crippen LogP contribution in [0.4, 0.5) is 0 Å². The monoisotopic (exact) mass is 510 g/mol. The molecule has 3 heteroatoms. The maximum absolute atomic E-state index is 12.9. The lowest BCUT2D eigenvalue weighted by Crippen LogP contribution is -2.50. The molecular formula is C36H34N2O. The molecule has 0 fully saturated rings. The van der Waals surface area contributed by atoms with E-state index in [-0.39, 0.29) is 0 Å². The molecule has 194 valence electrons. The molecule has 0 heterocycles. The fraction of sp³-hybridized carbons (Fsp3) is 0.111. The van der Waals surface area contributed by atoms with E-state index in [1.165, 1.54) is 6.20 Å². The first-order chi connectivity index (χ1) is 19.0. The second-order valence-corrected chi connectivity index (χ2v) is 9.88. The van der Waals surface area contributed by atoms with E-state index in [1.807, 2.05) is 104 Å². The summed E-state index contributed by atoms with van der Waals surface area (Å²) >= 11 is 0. The van der Waals surface area contributed by atoms with Crippen LogP contribution < -0.4 is 11.1 Å². The Balaban J connectivity index is 1.82. The van der Waals surface area contributed by atoms with Gasteiger partial charge < -0.3 is 16.2 Å². The molecule has 0 bridgehead atoms. The van der Waals surface area contributed by atoms with Crippen molar-refractivity contribution in [3.8, 4) is 0 Å². The molecule has 5 aromatic rings. The minimum Gasteiger partial charge on any atom is -0.403 e. The summed E-state index contributed by atoms with van der Waals surface area (Å²) in [6, 6.07) is 46.7. The zero-order valence-corrected chi connectivity index (χ0v) is 22.4. The first-order valence-corrected chi connectivity index (χ1v) is 13.2. The molecule has 0 saturated carbocycles. The van der Waals surface area contributed by atoms with Crippen molar-refractivity contribution in [3.63, 3.8) is 0 Å². The molecule has 0 saturated heterocycles. The Bertz CT molecular complexity index is 1450. The van der Waals surface area contributed by atoms with Crippen molar-refractivity contribution in [2.75, 3.05) is 0 Å². The number of nitrogens with two attached hydrogens (primary N) is 1. The molecule has 4 N–H and O–H groups in total. The molecule has 0 aliphatic carbocycles. The van der Waals surface area contributed by atoms with Crippen molar-refractivity contribution in [1.29, 1.82) is 0 Å². The molecular weight excluding hydrogens is 476 g/mol. The maximum atomic E-state index is 12.9. The van der Waals surface area contributed by atoms with Crippen LogP contribution in [0.5, 0.6) is 0 Å². The highest BCUT2D eigenvalue weighted by molar-refractivity contribution is 5.55. The van der Waals surface area contributed by atoms with E-state index in [0.29, 0.717) is 5.70 Å². The van der Waals surface area contributed by atoms with Gasteiger partial charge in [-0.3, -0.25) is 0 Å². The lowest BCUT2D eigenvalue weighted by molar-refractivity contribution is 0.107. The van der Waals surface area contributed by atoms with Gasteiger partial charge >= 0.3 is 0 Å². The molecule has 0 radical (unpaired) electrons. The van der Waals surface area contributed by atoms with Crippen molar-refractivity contribution >= 4 is 0 Å². The largest absolute Gasteiger partial charge is 0.403 e. The summed E-state index contributed by atoms with van der Waals surface area (Å²) in [6.45, 7) is 4.11. The summed E-state index contributed by atoms with van der Waals surface area (Å²) in [5.74, 6) is 0. The Labute approximate surface area is 231 Å². The highest BCUT2D eigenvalue weighted by atomic mass is 16.3. The van der Waals surface area contributed by atoms with E-state index >= 15 is 0 Å². The summed E-state index contributed by atoms with van der Waals surface area (Å²) in [6.07, 6.45) is 1.51. The van der Waals surface area contributed by atoms with Gasteiger partial charge in [0.1, 0.15) is 5.54 Å². The topological polar surface area (TPSA) is 58.3 Å². The van der Waals surface area contributed by atoms with Gasteiger partial charge in [0.2, 0.25) is 0 Å². The number of hydrogen-bond acceptors (Lipinski definition) is 3. The van der Waals surface area contributed by atoms with Gasteiger partial charge in [0.05, 0.1) is 5.70 Å². The normalized spacial score (nSPS) is 13.5. The summed E-state index contributed by atoms with van der Waals surface area (Å²) in [5.41, 5.74) is 11.3. The van der Waals surface area contributed by atoms with Crippen LogP contribution in [-0.2, 0) is 11.1 Å². The molecule has 0 aliphatic heterocycles. The Morgan fingerprint density at radius 3 is 1.41 bits per heavy atom. The molecule has 0 amide bonds. The average Bonchev–Trinajstić information content (AvgIpc) is 3.01. The van der Waals surface area contributed by atoms with Crippen LogP contribution in [0.1, 0.15) is 38.9 Å². The number of aliphatic hydroxyl groups is 1. The molecule has 0 spiro atoms. The molecule has 0 aromatic heterocycles. The van der Waals surface area contributed by atoms with Crippen LogP contribution in [-0.4, -0.2) is 5.11 Å². The number of hydrogen-bond donors (Lipinski definition) is 3. The highest BCUT2D eigenvalue weighted by Crippen LogP contribution is 2.43. The zero-order valence-electron chi connectivity index (χ0n) is 22.4. The van der Waals surface area contributed by atoms with Gasteiger partial charge in [0.15, 0.2) is 5.60 Å². The van der Waals surface area contributed by atoms with Crippen molar-refractivity contribution < 1.29 is 5.11 Å². The van der Waals surface area contributed by atoms with Crippen molar-refractivity contribution in [3.05, 3.63) is 190 Å². The molecule has 5 aromatic carbocycles. The standard InChI is InChI=1S/C36H34N2O/c1-27-16-15-25-33(28(27)2)36(39,32-23-13-6-14-24-32)34(26-37)38-35(29-17-7-3-8-18-29,30-19-9-4-10-20-30)31-21-11-5-12-22-31/h3-26,38-39H,37H2,1-2H3/b34-26-. The first kappa shape index (κ1) is 26.0. The SMILES string of the molecule is Cc1cccc(C(O)(/C(=C/N)NC(c2ccccc2)(c2ccccc2)c2ccccc2)c2ccccc2)c1C. The van der Waals surface area contributed by atoms with Crippen LogP contribution >= 0.6 is 0 Å². The molecule has 0 aliphatic rings. The lowest BCUT2D eigenvalue weighted by Gasteiger charge is -2.43. The lowest BCUT2D eigenvalue weighted by atomic mass is 9.74. The average molecular weight is 511 g/mol. The predicted molar refractivity (Wildman–Crippen MR) is 160 cm³/mol.